The van der Waals surface area contributed by atoms with Crippen LogP contribution in [0.25, 0.3) is 0 Å². The minimum Gasteiger partial charge on any atom is -0.341 e. The van der Waals surface area contributed by atoms with E-state index >= 15 is 0 Å². The van der Waals surface area contributed by atoms with E-state index in [4.69, 9.17) is 0 Å². The molecule has 1 aromatic rings. The lowest BCUT2D eigenvalue weighted by Crippen LogP contribution is -2.53. The van der Waals surface area contributed by atoms with Crippen LogP contribution in [0.15, 0.2) is 30.3 Å². The molecule has 0 aliphatic carbocycles. The van der Waals surface area contributed by atoms with Crippen LogP contribution < -0.4 is 5.32 Å². The summed E-state index contributed by atoms with van der Waals surface area (Å²) in [5, 5.41) is 2.96. The van der Waals surface area contributed by atoms with E-state index in [9.17, 15) is 9.59 Å². The molecule has 27 heavy (non-hydrogen) atoms. The van der Waals surface area contributed by atoms with E-state index in [1.54, 1.807) is 23.9 Å². The first-order valence-electron chi connectivity index (χ1n) is 9.79. The summed E-state index contributed by atoms with van der Waals surface area (Å²) in [6.07, 6.45) is 4.64. The third-order valence-corrected chi connectivity index (χ3v) is 6.02. The molecule has 0 saturated carbocycles. The topological polar surface area (TPSA) is 52.7 Å². The fourth-order valence-corrected chi connectivity index (χ4v) is 4.01. The average Bonchev–Trinajstić information content (AvgIpc) is 2.70. The van der Waals surface area contributed by atoms with Gasteiger partial charge in [0.05, 0.1) is 0 Å². The van der Waals surface area contributed by atoms with E-state index in [0.717, 1.165) is 31.7 Å². The van der Waals surface area contributed by atoms with E-state index in [0.29, 0.717) is 18.0 Å². The molecular weight excluding hydrogens is 358 g/mol. The van der Waals surface area contributed by atoms with Crippen molar-refractivity contribution in [3.05, 3.63) is 35.9 Å². The quantitative estimate of drug-likeness (QED) is 0.740. The number of carbonyl (C=O) groups excluding carboxylic acids is 2. The average molecular weight is 392 g/mol. The Labute approximate surface area is 167 Å². The first-order chi connectivity index (χ1) is 12.9. The Morgan fingerprint density at radius 3 is 2.41 bits per heavy atom. The molecule has 0 bridgehead atoms. The number of likely N-dealkylation sites (N-methyl/N-ethyl adjacent to an activating group) is 1. The minimum atomic E-state index is -0.474. The first-order valence-corrected chi connectivity index (χ1v) is 11.2. The van der Waals surface area contributed by atoms with Crippen LogP contribution >= 0.6 is 11.8 Å². The Hall–Kier alpha value is -1.53. The molecule has 1 fully saturated rings. The van der Waals surface area contributed by atoms with E-state index in [2.05, 4.69) is 24.1 Å². The molecule has 0 spiro atoms. The minimum absolute atomic E-state index is 0.0244. The van der Waals surface area contributed by atoms with Gasteiger partial charge in [0.2, 0.25) is 5.91 Å². The Kier molecular flexibility index (Phi) is 8.64. The summed E-state index contributed by atoms with van der Waals surface area (Å²) in [4.78, 5) is 30.0. The van der Waals surface area contributed by atoms with Gasteiger partial charge >= 0.3 is 0 Å². The monoisotopic (exact) mass is 391 g/mol. The fourth-order valence-electron chi connectivity index (χ4n) is 3.54. The molecule has 1 aliphatic heterocycles. The molecule has 6 heteroatoms. The first kappa shape index (κ1) is 21.8. The molecule has 1 unspecified atom stereocenters. The number of carbonyl (C=O) groups is 2. The summed E-state index contributed by atoms with van der Waals surface area (Å²) in [7, 11) is 1.89. The van der Waals surface area contributed by atoms with E-state index in [1.807, 2.05) is 36.4 Å². The van der Waals surface area contributed by atoms with Crippen LogP contribution in [0.5, 0.6) is 0 Å². The molecule has 150 valence electrons. The van der Waals surface area contributed by atoms with Crippen LogP contribution in [0.2, 0.25) is 0 Å². The van der Waals surface area contributed by atoms with Gasteiger partial charge in [0.15, 0.2) is 0 Å². The molecule has 1 aliphatic rings. The second-order valence-electron chi connectivity index (χ2n) is 7.48. The van der Waals surface area contributed by atoms with Gasteiger partial charge in [0.25, 0.3) is 5.91 Å². The molecule has 2 amide bonds. The normalized spacial score (nSPS) is 16.9. The SMILES string of the molecule is CSCCC(NC(=O)c1ccccc1)C(=O)N(C)C1CCN(C(C)C)CC1. The molecule has 5 nitrogen and oxygen atoms in total. The van der Waals surface area contributed by atoms with Gasteiger partial charge in [-0.3, -0.25) is 9.59 Å². The van der Waals surface area contributed by atoms with Crippen LogP contribution in [0.1, 0.15) is 43.5 Å². The second kappa shape index (κ2) is 10.7. The van der Waals surface area contributed by atoms with Crippen LogP contribution in [-0.4, -0.2) is 71.9 Å². The van der Waals surface area contributed by atoms with Crippen molar-refractivity contribution in [2.75, 3.05) is 32.1 Å². The molecule has 1 heterocycles. The van der Waals surface area contributed by atoms with E-state index in [1.165, 1.54) is 0 Å². The Morgan fingerprint density at radius 2 is 1.85 bits per heavy atom. The molecule has 1 atom stereocenters. The van der Waals surface area contributed by atoms with Crippen LogP contribution in [-0.2, 0) is 4.79 Å². The maximum atomic E-state index is 13.1. The molecule has 1 aromatic carbocycles. The van der Waals surface area contributed by atoms with E-state index < -0.39 is 6.04 Å². The predicted molar refractivity (Wildman–Crippen MR) is 113 cm³/mol. The van der Waals surface area contributed by atoms with Gasteiger partial charge in [0.1, 0.15) is 6.04 Å². The van der Waals surface area contributed by atoms with Crippen molar-refractivity contribution in [1.29, 1.82) is 0 Å². The van der Waals surface area contributed by atoms with Crippen molar-refractivity contribution in [2.45, 2.75) is 51.2 Å². The van der Waals surface area contributed by atoms with E-state index in [-0.39, 0.29) is 17.9 Å². The zero-order chi connectivity index (χ0) is 19.8. The molecule has 1 saturated heterocycles. The predicted octanol–water partition coefficient (Wildman–Crippen LogP) is 2.87. The number of hydrogen-bond donors (Lipinski definition) is 1. The van der Waals surface area contributed by atoms with Crippen LogP contribution in [0.4, 0.5) is 0 Å². The van der Waals surface area contributed by atoms with Gasteiger partial charge in [-0.05, 0) is 57.3 Å². The zero-order valence-electron chi connectivity index (χ0n) is 17.0. The molecule has 1 N–H and O–H groups in total. The standard InChI is InChI=1S/C21H33N3O2S/c1-16(2)24-13-10-18(11-14-24)23(3)21(26)19(12-15-27-4)22-20(25)17-8-6-5-7-9-17/h5-9,16,18-19H,10-15H2,1-4H3,(H,22,25). The third-order valence-electron chi connectivity index (χ3n) is 5.37. The maximum absolute atomic E-state index is 13.1. The van der Waals surface area contributed by atoms with Gasteiger partial charge in [-0.25, -0.2) is 0 Å². The van der Waals surface area contributed by atoms with Crippen molar-refractivity contribution >= 4 is 23.6 Å². The highest BCUT2D eigenvalue weighted by Crippen LogP contribution is 2.19. The number of nitrogens with zero attached hydrogens (tertiary/aromatic N) is 2. The Bertz CT molecular complexity index is 601. The zero-order valence-corrected chi connectivity index (χ0v) is 17.8. The number of benzene rings is 1. The van der Waals surface area contributed by atoms with Gasteiger partial charge < -0.3 is 15.1 Å². The van der Waals surface area contributed by atoms with Crippen LogP contribution in [0, 0.1) is 0 Å². The van der Waals surface area contributed by atoms with Crippen molar-refractivity contribution in [3.63, 3.8) is 0 Å². The number of amides is 2. The summed E-state index contributed by atoms with van der Waals surface area (Å²) in [6, 6.07) is 9.42. The highest BCUT2D eigenvalue weighted by Gasteiger charge is 2.30. The lowest BCUT2D eigenvalue weighted by atomic mass is 10.0. The van der Waals surface area contributed by atoms with Crippen molar-refractivity contribution in [3.8, 4) is 0 Å². The lowest BCUT2D eigenvalue weighted by molar-refractivity contribution is -0.135. The van der Waals surface area contributed by atoms with Gasteiger partial charge in [-0.1, -0.05) is 18.2 Å². The van der Waals surface area contributed by atoms with Crippen molar-refractivity contribution in [1.82, 2.24) is 15.1 Å². The largest absolute Gasteiger partial charge is 0.341 e. The van der Waals surface area contributed by atoms with Crippen molar-refractivity contribution < 1.29 is 9.59 Å². The number of piperidine rings is 1. The lowest BCUT2D eigenvalue weighted by Gasteiger charge is -2.39. The maximum Gasteiger partial charge on any atom is 0.251 e. The number of rotatable bonds is 8. The Balaban J connectivity index is 2.00. The highest BCUT2D eigenvalue weighted by atomic mass is 32.2. The summed E-state index contributed by atoms with van der Waals surface area (Å²) in [6.45, 7) is 6.47. The van der Waals surface area contributed by atoms with Crippen LogP contribution in [0.3, 0.4) is 0 Å². The summed E-state index contributed by atoms with van der Waals surface area (Å²) < 4.78 is 0. The summed E-state index contributed by atoms with van der Waals surface area (Å²) in [5.41, 5.74) is 0.590. The Morgan fingerprint density at radius 1 is 1.22 bits per heavy atom. The number of hydrogen-bond acceptors (Lipinski definition) is 4. The summed E-state index contributed by atoms with van der Waals surface area (Å²) in [5.74, 6) is 0.680. The number of thioether (sulfide) groups is 1. The number of nitrogens with one attached hydrogen (secondary N) is 1. The molecule has 2 rings (SSSR count). The molecule has 0 aromatic heterocycles. The second-order valence-corrected chi connectivity index (χ2v) is 8.47. The third kappa shape index (κ3) is 6.25. The summed E-state index contributed by atoms with van der Waals surface area (Å²) >= 11 is 1.69. The van der Waals surface area contributed by atoms with Gasteiger partial charge in [-0.2, -0.15) is 11.8 Å². The highest BCUT2D eigenvalue weighted by molar-refractivity contribution is 7.98. The number of likely N-dealkylation sites (tertiary alicyclic amines) is 1. The molecule has 0 radical (unpaired) electrons. The fraction of sp³-hybridized carbons (Fsp3) is 0.619. The smallest absolute Gasteiger partial charge is 0.251 e. The molecular formula is C21H33N3O2S. The van der Waals surface area contributed by atoms with Crippen molar-refractivity contribution in [2.24, 2.45) is 0 Å². The van der Waals surface area contributed by atoms with Gasteiger partial charge in [-0.15, -0.1) is 0 Å². The van der Waals surface area contributed by atoms with Gasteiger partial charge in [0, 0.05) is 37.8 Å².